The minimum absolute atomic E-state index is 0.407. The van der Waals surface area contributed by atoms with E-state index in [1.54, 1.807) is 0 Å². The number of nitrogens with zero attached hydrogens (tertiary/aromatic N) is 2. The van der Waals surface area contributed by atoms with Crippen molar-refractivity contribution >= 4 is 0 Å². The van der Waals surface area contributed by atoms with Crippen LogP contribution in [0.1, 0.15) is 88.3 Å². The van der Waals surface area contributed by atoms with Crippen molar-refractivity contribution in [2.45, 2.75) is 85.2 Å². The fourth-order valence-electron chi connectivity index (χ4n) is 3.98. The molecule has 0 saturated heterocycles. The van der Waals surface area contributed by atoms with Crippen molar-refractivity contribution in [1.82, 2.24) is 15.1 Å². The van der Waals surface area contributed by atoms with Crippen LogP contribution in [-0.2, 0) is 0 Å². The largest absolute Gasteiger partial charge is 0.310 e. The smallest absolute Gasteiger partial charge is 0.0644 e. The van der Waals surface area contributed by atoms with E-state index in [2.05, 4.69) is 44.6 Å². The van der Waals surface area contributed by atoms with Gasteiger partial charge in [0.2, 0.25) is 0 Å². The van der Waals surface area contributed by atoms with Gasteiger partial charge in [-0.1, -0.05) is 33.1 Å². The minimum atomic E-state index is 0.407. The van der Waals surface area contributed by atoms with E-state index >= 15 is 0 Å². The number of aromatic nitrogens is 2. The van der Waals surface area contributed by atoms with Gasteiger partial charge in [-0.25, -0.2) is 0 Å². The zero-order valence-electron chi connectivity index (χ0n) is 14.6. The van der Waals surface area contributed by atoms with Crippen molar-refractivity contribution < 1.29 is 0 Å². The normalized spacial score (nSPS) is 24.2. The summed E-state index contributed by atoms with van der Waals surface area (Å²) >= 11 is 0. The average Bonchev–Trinajstić information content (AvgIpc) is 2.80. The quantitative estimate of drug-likeness (QED) is 0.823. The van der Waals surface area contributed by atoms with Gasteiger partial charge < -0.3 is 5.32 Å². The Balaban J connectivity index is 2.18. The summed E-state index contributed by atoms with van der Waals surface area (Å²) in [6.07, 6.45) is 7.88. The predicted molar refractivity (Wildman–Crippen MR) is 89.7 cm³/mol. The molecule has 0 amide bonds. The van der Waals surface area contributed by atoms with Crippen molar-refractivity contribution in [3.8, 4) is 0 Å². The molecule has 1 heterocycles. The van der Waals surface area contributed by atoms with Crippen LogP contribution in [0.3, 0.4) is 0 Å². The molecule has 3 unspecified atom stereocenters. The molecule has 0 radical (unpaired) electrons. The molecule has 21 heavy (non-hydrogen) atoms. The van der Waals surface area contributed by atoms with Gasteiger partial charge in [-0.15, -0.1) is 0 Å². The second kappa shape index (κ2) is 7.44. The molecule has 0 aliphatic heterocycles. The minimum Gasteiger partial charge on any atom is -0.310 e. The van der Waals surface area contributed by atoms with Gasteiger partial charge >= 0.3 is 0 Å². The van der Waals surface area contributed by atoms with Crippen LogP contribution in [0, 0.1) is 19.8 Å². The van der Waals surface area contributed by atoms with Crippen LogP contribution in [0.15, 0.2) is 0 Å². The van der Waals surface area contributed by atoms with Crippen LogP contribution in [0.4, 0.5) is 0 Å². The van der Waals surface area contributed by atoms with Gasteiger partial charge in [-0.2, -0.15) is 5.10 Å². The third-order valence-electron chi connectivity index (χ3n) is 5.19. The first kappa shape index (κ1) is 16.5. The molecule has 0 spiro atoms. The highest BCUT2D eigenvalue weighted by Gasteiger charge is 2.26. The highest BCUT2D eigenvalue weighted by Crippen LogP contribution is 2.36. The number of hydrogen-bond acceptors (Lipinski definition) is 2. The highest BCUT2D eigenvalue weighted by molar-refractivity contribution is 5.28. The SMILES string of the molecule is CCCNC(C)c1c(C)nn(C2CCCC(CC)C2)c1C. The maximum absolute atomic E-state index is 4.91. The van der Waals surface area contributed by atoms with E-state index in [9.17, 15) is 0 Å². The van der Waals surface area contributed by atoms with Crippen LogP contribution >= 0.6 is 0 Å². The van der Waals surface area contributed by atoms with E-state index in [-0.39, 0.29) is 0 Å². The molecular weight excluding hydrogens is 258 g/mol. The number of rotatable bonds is 6. The van der Waals surface area contributed by atoms with Crippen LogP contribution in [-0.4, -0.2) is 16.3 Å². The standard InChI is InChI=1S/C18H33N3/c1-6-11-19-13(3)18-14(4)20-21(15(18)5)17-10-8-9-16(7-2)12-17/h13,16-17,19H,6-12H2,1-5H3. The Bertz CT molecular complexity index is 450. The summed E-state index contributed by atoms with van der Waals surface area (Å²) in [7, 11) is 0. The second-order valence-electron chi connectivity index (χ2n) is 6.80. The topological polar surface area (TPSA) is 29.9 Å². The fourth-order valence-corrected chi connectivity index (χ4v) is 3.98. The van der Waals surface area contributed by atoms with Crippen molar-refractivity contribution in [2.75, 3.05) is 6.54 Å². The molecule has 3 atom stereocenters. The lowest BCUT2D eigenvalue weighted by molar-refractivity contribution is 0.244. The van der Waals surface area contributed by atoms with Crippen LogP contribution in [0.5, 0.6) is 0 Å². The maximum atomic E-state index is 4.91. The Morgan fingerprint density at radius 1 is 1.29 bits per heavy atom. The Hall–Kier alpha value is -0.830. The molecule has 1 aliphatic rings. The van der Waals surface area contributed by atoms with E-state index in [0.717, 1.165) is 12.5 Å². The van der Waals surface area contributed by atoms with Crippen molar-refractivity contribution in [3.63, 3.8) is 0 Å². The van der Waals surface area contributed by atoms with Gasteiger partial charge in [0, 0.05) is 17.3 Å². The molecule has 1 aromatic heterocycles. The summed E-state index contributed by atoms with van der Waals surface area (Å²) in [5.74, 6) is 0.895. The molecule has 1 fully saturated rings. The lowest BCUT2D eigenvalue weighted by atomic mass is 9.84. The summed E-state index contributed by atoms with van der Waals surface area (Å²) in [4.78, 5) is 0. The van der Waals surface area contributed by atoms with Gasteiger partial charge in [0.1, 0.15) is 0 Å². The lowest BCUT2D eigenvalue weighted by Gasteiger charge is -2.29. The molecule has 0 aromatic carbocycles. The number of nitrogens with one attached hydrogen (secondary N) is 1. The van der Waals surface area contributed by atoms with Gasteiger partial charge in [-0.05, 0) is 52.5 Å². The molecule has 1 N–H and O–H groups in total. The Morgan fingerprint density at radius 3 is 2.71 bits per heavy atom. The van der Waals surface area contributed by atoms with E-state index < -0.39 is 0 Å². The van der Waals surface area contributed by atoms with Crippen molar-refractivity contribution in [2.24, 2.45) is 5.92 Å². The molecule has 3 nitrogen and oxygen atoms in total. The van der Waals surface area contributed by atoms with E-state index in [0.29, 0.717) is 12.1 Å². The van der Waals surface area contributed by atoms with Gasteiger partial charge in [-0.3, -0.25) is 4.68 Å². The van der Waals surface area contributed by atoms with Crippen LogP contribution < -0.4 is 5.32 Å². The monoisotopic (exact) mass is 291 g/mol. The maximum Gasteiger partial charge on any atom is 0.0644 e. The molecule has 1 aliphatic carbocycles. The van der Waals surface area contributed by atoms with E-state index in [1.807, 2.05) is 0 Å². The van der Waals surface area contributed by atoms with Crippen LogP contribution in [0.25, 0.3) is 0 Å². The van der Waals surface area contributed by atoms with Crippen LogP contribution in [0.2, 0.25) is 0 Å². The molecule has 1 aromatic rings. The average molecular weight is 291 g/mol. The molecular formula is C18H33N3. The molecule has 120 valence electrons. The summed E-state index contributed by atoms with van der Waals surface area (Å²) in [6, 6.07) is 1.03. The summed E-state index contributed by atoms with van der Waals surface area (Å²) in [5.41, 5.74) is 4.01. The zero-order chi connectivity index (χ0) is 15.4. The summed E-state index contributed by atoms with van der Waals surface area (Å²) in [6.45, 7) is 12.3. The summed E-state index contributed by atoms with van der Waals surface area (Å²) in [5, 5.41) is 8.52. The first-order valence-electron chi connectivity index (χ1n) is 8.87. The molecule has 3 heteroatoms. The third-order valence-corrected chi connectivity index (χ3v) is 5.19. The first-order chi connectivity index (χ1) is 10.1. The fraction of sp³-hybridized carbons (Fsp3) is 0.833. The van der Waals surface area contributed by atoms with Gasteiger partial charge in [0.25, 0.3) is 0 Å². The van der Waals surface area contributed by atoms with Gasteiger partial charge in [0.15, 0.2) is 0 Å². The Morgan fingerprint density at radius 2 is 2.05 bits per heavy atom. The summed E-state index contributed by atoms with van der Waals surface area (Å²) < 4.78 is 2.34. The predicted octanol–water partition coefficient (Wildman–Crippen LogP) is 4.70. The van der Waals surface area contributed by atoms with Crippen molar-refractivity contribution in [1.29, 1.82) is 0 Å². The second-order valence-corrected chi connectivity index (χ2v) is 6.80. The van der Waals surface area contributed by atoms with E-state index in [1.165, 1.54) is 55.5 Å². The van der Waals surface area contributed by atoms with E-state index in [4.69, 9.17) is 5.10 Å². The third kappa shape index (κ3) is 3.68. The molecule has 1 saturated carbocycles. The number of hydrogen-bond donors (Lipinski definition) is 1. The Kier molecular flexibility index (Phi) is 5.86. The molecule has 2 rings (SSSR count). The lowest BCUT2D eigenvalue weighted by Crippen LogP contribution is -2.22. The first-order valence-corrected chi connectivity index (χ1v) is 8.87. The highest BCUT2D eigenvalue weighted by atomic mass is 15.3. The Labute approximate surface area is 130 Å². The van der Waals surface area contributed by atoms with Gasteiger partial charge in [0.05, 0.1) is 11.7 Å². The zero-order valence-corrected chi connectivity index (χ0v) is 14.6. The molecule has 0 bridgehead atoms. The number of aryl methyl sites for hydroxylation is 1. The van der Waals surface area contributed by atoms with Crippen molar-refractivity contribution in [3.05, 3.63) is 17.0 Å².